The second kappa shape index (κ2) is 8.48. The molecule has 142 valence electrons. The first-order valence-electron chi connectivity index (χ1n) is 9.50. The number of carbonyl (C=O) groups excluding carboxylic acids is 1. The average Bonchev–Trinajstić information content (AvgIpc) is 2.79. The Hall–Kier alpha value is -3.79. The van der Waals surface area contributed by atoms with Crippen LogP contribution in [0.25, 0.3) is 22.4 Å². The molecule has 0 aliphatic rings. The molecule has 2 aromatic carbocycles. The third kappa shape index (κ3) is 4.38. The normalized spacial score (nSPS) is 10.5. The summed E-state index contributed by atoms with van der Waals surface area (Å²) in [5.41, 5.74) is 6.88. The van der Waals surface area contributed by atoms with Crippen molar-refractivity contribution in [3.8, 4) is 22.4 Å². The molecule has 0 spiro atoms. The van der Waals surface area contributed by atoms with E-state index in [2.05, 4.69) is 46.5 Å². The predicted octanol–water partition coefficient (Wildman–Crippen LogP) is 5.05. The lowest BCUT2D eigenvalue weighted by Crippen LogP contribution is -2.23. The Morgan fingerprint density at radius 1 is 0.793 bits per heavy atom. The van der Waals surface area contributed by atoms with Gasteiger partial charge in [0.05, 0.1) is 5.69 Å². The van der Waals surface area contributed by atoms with E-state index in [0.717, 1.165) is 27.9 Å². The van der Waals surface area contributed by atoms with E-state index >= 15 is 0 Å². The fourth-order valence-corrected chi connectivity index (χ4v) is 3.19. The van der Waals surface area contributed by atoms with E-state index in [-0.39, 0.29) is 5.91 Å². The van der Waals surface area contributed by atoms with Gasteiger partial charge >= 0.3 is 0 Å². The van der Waals surface area contributed by atoms with Crippen molar-refractivity contribution in [2.24, 2.45) is 0 Å². The van der Waals surface area contributed by atoms with Crippen LogP contribution in [0.3, 0.4) is 0 Å². The van der Waals surface area contributed by atoms with Gasteiger partial charge in [0.1, 0.15) is 0 Å². The molecule has 0 aliphatic heterocycles. The number of hydrogen-bond acceptors (Lipinski definition) is 3. The van der Waals surface area contributed by atoms with Crippen LogP contribution in [0.5, 0.6) is 0 Å². The van der Waals surface area contributed by atoms with Gasteiger partial charge in [-0.15, -0.1) is 0 Å². The molecule has 0 unspecified atom stereocenters. The SMILES string of the molecule is Cc1ccc(-c2ccc(C(=O)NCc3cccnc3-c3ccncc3)cc2)cc1. The molecule has 0 radical (unpaired) electrons. The maximum Gasteiger partial charge on any atom is 0.251 e. The van der Waals surface area contributed by atoms with Crippen LogP contribution in [0.4, 0.5) is 0 Å². The van der Waals surface area contributed by atoms with Gasteiger partial charge in [0.2, 0.25) is 0 Å². The number of rotatable bonds is 5. The minimum absolute atomic E-state index is 0.106. The lowest BCUT2D eigenvalue weighted by molar-refractivity contribution is 0.0951. The maximum absolute atomic E-state index is 12.6. The van der Waals surface area contributed by atoms with E-state index in [9.17, 15) is 4.79 Å². The summed E-state index contributed by atoms with van der Waals surface area (Å²) in [5, 5.41) is 3.00. The van der Waals surface area contributed by atoms with E-state index < -0.39 is 0 Å². The third-order valence-corrected chi connectivity index (χ3v) is 4.82. The van der Waals surface area contributed by atoms with Crippen molar-refractivity contribution in [1.82, 2.24) is 15.3 Å². The maximum atomic E-state index is 12.6. The van der Waals surface area contributed by atoms with E-state index in [1.807, 2.05) is 48.5 Å². The van der Waals surface area contributed by atoms with Gasteiger partial charge in [-0.3, -0.25) is 14.8 Å². The Balaban J connectivity index is 1.46. The first-order chi connectivity index (χ1) is 14.2. The second-order valence-corrected chi connectivity index (χ2v) is 6.87. The minimum Gasteiger partial charge on any atom is -0.348 e. The smallest absolute Gasteiger partial charge is 0.251 e. The van der Waals surface area contributed by atoms with Crippen LogP contribution >= 0.6 is 0 Å². The Labute approximate surface area is 170 Å². The van der Waals surface area contributed by atoms with Crippen molar-refractivity contribution in [2.75, 3.05) is 0 Å². The van der Waals surface area contributed by atoms with Crippen LogP contribution in [-0.4, -0.2) is 15.9 Å². The first-order valence-corrected chi connectivity index (χ1v) is 9.50. The van der Waals surface area contributed by atoms with E-state index in [1.165, 1.54) is 5.56 Å². The van der Waals surface area contributed by atoms with Crippen LogP contribution in [0.15, 0.2) is 91.4 Å². The van der Waals surface area contributed by atoms with Crippen molar-refractivity contribution < 1.29 is 4.79 Å². The fourth-order valence-electron chi connectivity index (χ4n) is 3.19. The molecule has 29 heavy (non-hydrogen) atoms. The first kappa shape index (κ1) is 18.6. The van der Waals surface area contributed by atoms with Crippen LogP contribution in [0, 0.1) is 6.92 Å². The Morgan fingerprint density at radius 2 is 1.45 bits per heavy atom. The summed E-state index contributed by atoms with van der Waals surface area (Å²) in [4.78, 5) is 21.1. The summed E-state index contributed by atoms with van der Waals surface area (Å²) in [5.74, 6) is -0.106. The van der Waals surface area contributed by atoms with Gasteiger partial charge in [0.25, 0.3) is 5.91 Å². The molecule has 4 nitrogen and oxygen atoms in total. The molecule has 0 atom stereocenters. The van der Waals surface area contributed by atoms with Crippen LogP contribution in [-0.2, 0) is 6.54 Å². The molecule has 0 bridgehead atoms. The number of carbonyl (C=O) groups is 1. The molecule has 0 saturated carbocycles. The molecule has 4 aromatic rings. The molecule has 0 fully saturated rings. The van der Waals surface area contributed by atoms with Crippen molar-refractivity contribution >= 4 is 5.91 Å². The summed E-state index contributed by atoms with van der Waals surface area (Å²) in [6.07, 6.45) is 5.23. The fraction of sp³-hybridized carbons (Fsp3) is 0.0800. The number of aromatic nitrogens is 2. The monoisotopic (exact) mass is 379 g/mol. The highest BCUT2D eigenvalue weighted by Gasteiger charge is 2.10. The number of benzene rings is 2. The van der Waals surface area contributed by atoms with Gasteiger partial charge in [0, 0.05) is 36.3 Å². The Kier molecular flexibility index (Phi) is 5.43. The van der Waals surface area contributed by atoms with Crippen molar-refractivity contribution in [3.63, 3.8) is 0 Å². The Morgan fingerprint density at radius 3 is 2.14 bits per heavy atom. The number of nitrogens with one attached hydrogen (secondary N) is 1. The van der Waals surface area contributed by atoms with Crippen LogP contribution in [0.2, 0.25) is 0 Å². The van der Waals surface area contributed by atoms with Gasteiger partial charge in [-0.05, 0) is 53.9 Å². The van der Waals surface area contributed by atoms with Gasteiger partial charge in [-0.1, -0.05) is 48.0 Å². The highest BCUT2D eigenvalue weighted by Crippen LogP contribution is 2.22. The Bertz CT molecular complexity index is 1100. The molecule has 1 amide bonds. The molecular formula is C25H21N3O. The van der Waals surface area contributed by atoms with Crippen LogP contribution in [0.1, 0.15) is 21.5 Å². The number of amides is 1. The van der Waals surface area contributed by atoms with Gasteiger partial charge in [-0.25, -0.2) is 0 Å². The molecule has 1 N–H and O–H groups in total. The summed E-state index contributed by atoms with van der Waals surface area (Å²) in [7, 11) is 0. The summed E-state index contributed by atoms with van der Waals surface area (Å²) < 4.78 is 0. The van der Waals surface area contributed by atoms with E-state index in [1.54, 1.807) is 18.6 Å². The standard InChI is InChI=1S/C25H21N3O/c1-18-4-6-19(7-5-18)20-8-10-22(11-9-20)25(29)28-17-23-3-2-14-27-24(23)21-12-15-26-16-13-21/h2-16H,17H2,1H3,(H,28,29). The lowest BCUT2D eigenvalue weighted by atomic mass is 10.0. The zero-order chi connectivity index (χ0) is 20.1. The minimum atomic E-state index is -0.106. The summed E-state index contributed by atoms with van der Waals surface area (Å²) in [6, 6.07) is 23.7. The van der Waals surface area contributed by atoms with Crippen molar-refractivity contribution in [2.45, 2.75) is 13.5 Å². The average molecular weight is 379 g/mol. The highest BCUT2D eigenvalue weighted by atomic mass is 16.1. The van der Waals surface area contributed by atoms with Gasteiger partial charge in [-0.2, -0.15) is 0 Å². The zero-order valence-corrected chi connectivity index (χ0v) is 16.2. The van der Waals surface area contributed by atoms with Gasteiger partial charge < -0.3 is 5.32 Å². The topological polar surface area (TPSA) is 54.9 Å². The largest absolute Gasteiger partial charge is 0.348 e. The quantitative estimate of drug-likeness (QED) is 0.528. The number of nitrogens with zero attached hydrogens (tertiary/aromatic N) is 2. The van der Waals surface area contributed by atoms with E-state index in [4.69, 9.17) is 0 Å². The van der Waals surface area contributed by atoms with Crippen LogP contribution < -0.4 is 5.32 Å². The highest BCUT2D eigenvalue weighted by molar-refractivity contribution is 5.94. The lowest BCUT2D eigenvalue weighted by Gasteiger charge is -2.10. The molecule has 4 rings (SSSR count). The van der Waals surface area contributed by atoms with Gasteiger partial charge in [0.15, 0.2) is 0 Å². The molecule has 0 saturated heterocycles. The number of pyridine rings is 2. The molecule has 2 aromatic heterocycles. The second-order valence-electron chi connectivity index (χ2n) is 6.87. The molecule has 4 heteroatoms. The zero-order valence-electron chi connectivity index (χ0n) is 16.2. The predicted molar refractivity (Wildman–Crippen MR) is 115 cm³/mol. The number of hydrogen-bond donors (Lipinski definition) is 1. The molecule has 2 heterocycles. The van der Waals surface area contributed by atoms with Crippen molar-refractivity contribution in [1.29, 1.82) is 0 Å². The van der Waals surface area contributed by atoms with E-state index in [0.29, 0.717) is 12.1 Å². The molecular weight excluding hydrogens is 358 g/mol. The third-order valence-electron chi connectivity index (χ3n) is 4.82. The summed E-state index contributed by atoms with van der Waals surface area (Å²) in [6.45, 7) is 2.48. The summed E-state index contributed by atoms with van der Waals surface area (Å²) >= 11 is 0. The van der Waals surface area contributed by atoms with Crippen molar-refractivity contribution in [3.05, 3.63) is 108 Å². The molecule has 0 aliphatic carbocycles. The number of aryl methyl sites for hydroxylation is 1.